The van der Waals surface area contributed by atoms with E-state index in [2.05, 4.69) is 15.3 Å². The molecule has 0 amide bonds. The van der Waals surface area contributed by atoms with Crippen LogP contribution >= 0.6 is 0 Å². The summed E-state index contributed by atoms with van der Waals surface area (Å²) in [5.41, 5.74) is 0.930. The molecule has 0 spiro atoms. The van der Waals surface area contributed by atoms with Crippen molar-refractivity contribution in [2.75, 3.05) is 12.4 Å². The van der Waals surface area contributed by atoms with Gasteiger partial charge in [0.25, 0.3) is 5.56 Å². The molecule has 0 radical (unpaired) electrons. The van der Waals surface area contributed by atoms with Gasteiger partial charge in [-0.25, -0.2) is 4.98 Å². The van der Waals surface area contributed by atoms with Crippen molar-refractivity contribution < 1.29 is 4.74 Å². The van der Waals surface area contributed by atoms with Crippen LogP contribution in [0.3, 0.4) is 0 Å². The average molecular weight is 259 g/mol. The topological polar surface area (TPSA) is 67.0 Å². The second-order valence-electron chi connectivity index (χ2n) is 4.14. The Kier molecular flexibility index (Phi) is 4.18. The van der Waals surface area contributed by atoms with Crippen LogP contribution in [-0.2, 0) is 13.0 Å². The van der Waals surface area contributed by atoms with Gasteiger partial charge in [-0.05, 0) is 17.7 Å². The minimum atomic E-state index is -0.139. The number of nitrogens with one attached hydrogen (secondary N) is 2. The van der Waals surface area contributed by atoms with Crippen LogP contribution in [0.1, 0.15) is 18.3 Å². The van der Waals surface area contributed by atoms with Crippen molar-refractivity contribution in [1.29, 1.82) is 0 Å². The Morgan fingerprint density at radius 3 is 2.95 bits per heavy atom. The van der Waals surface area contributed by atoms with Crippen LogP contribution < -0.4 is 15.6 Å². The summed E-state index contributed by atoms with van der Waals surface area (Å²) >= 11 is 0. The van der Waals surface area contributed by atoms with Gasteiger partial charge in [0.05, 0.1) is 7.11 Å². The Hall–Kier alpha value is -2.30. The van der Waals surface area contributed by atoms with Crippen LogP contribution in [0.2, 0.25) is 0 Å². The van der Waals surface area contributed by atoms with E-state index in [1.807, 2.05) is 31.2 Å². The number of rotatable bonds is 5. The molecular formula is C14H17N3O2. The van der Waals surface area contributed by atoms with E-state index >= 15 is 0 Å². The van der Waals surface area contributed by atoms with E-state index in [0.29, 0.717) is 24.6 Å². The van der Waals surface area contributed by atoms with Gasteiger partial charge in [0.1, 0.15) is 17.4 Å². The highest BCUT2D eigenvalue weighted by molar-refractivity contribution is 5.36. The second kappa shape index (κ2) is 6.04. The predicted molar refractivity (Wildman–Crippen MR) is 74.6 cm³/mol. The molecule has 100 valence electrons. The van der Waals surface area contributed by atoms with Crippen molar-refractivity contribution in [3.8, 4) is 5.75 Å². The Labute approximate surface area is 111 Å². The lowest BCUT2D eigenvalue weighted by molar-refractivity contribution is 0.414. The highest BCUT2D eigenvalue weighted by Crippen LogP contribution is 2.13. The third-order valence-corrected chi connectivity index (χ3v) is 2.73. The quantitative estimate of drug-likeness (QED) is 0.861. The number of H-pyrrole nitrogens is 1. The summed E-state index contributed by atoms with van der Waals surface area (Å²) in [6, 6.07) is 9.21. The number of benzene rings is 1. The maximum Gasteiger partial charge on any atom is 0.252 e. The molecule has 1 heterocycles. The van der Waals surface area contributed by atoms with Gasteiger partial charge in [-0.1, -0.05) is 19.1 Å². The number of methoxy groups -OCH3 is 1. The van der Waals surface area contributed by atoms with E-state index in [0.717, 1.165) is 11.3 Å². The maximum absolute atomic E-state index is 11.4. The summed E-state index contributed by atoms with van der Waals surface area (Å²) in [5, 5.41) is 3.14. The monoisotopic (exact) mass is 259 g/mol. The molecule has 2 N–H and O–H groups in total. The first kappa shape index (κ1) is 13.1. The molecule has 0 saturated heterocycles. The number of ether oxygens (including phenoxy) is 1. The van der Waals surface area contributed by atoms with Crippen molar-refractivity contribution in [2.24, 2.45) is 0 Å². The summed E-state index contributed by atoms with van der Waals surface area (Å²) < 4.78 is 5.16. The van der Waals surface area contributed by atoms with E-state index in [-0.39, 0.29) is 5.56 Å². The molecule has 0 unspecified atom stereocenters. The molecule has 5 nitrogen and oxygen atoms in total. The first-order chi connectivity index (χ1) is 9.21. The first-order valence-corrected chi connectivity index (χ1v) is 6.18. The summed E-state index contributed by atoms with van der Waals surface area (Å²) in [6.07, 6.45) is 0.698. The second-order valence-corrected chi connectivity index (χ2v) is 4.14. The largest absolute Gasteiger partial charge is 0.497 e. The van der Waals surface area contributed by atoms with Crippen molar-refractivity contribution in [1.82, 2.24) is 9.97 Å². The van der Waals surface area contributed by atoms with E-state index in [9.17, 15) is 4.79 Å². The van der Waals surface area contributed by atoms with Gasteiger partial charge in [0, 0.05) is 19.0 Å². The Bertz CT molecular complexity index is 608. The fraction of sp³-hybridized carbons (Fsp3) is 0.286. The van der Waals surface area contributed by atoms with Crippen LogP contribution in [0, 0.1) is 0 Å². The first-order valence-electron chi connectivity index (χ1n) is 6.18. The fourth-order valence-corrected chi connectivity index (χ4v) is 1.74. The minimum absolute atomic E-state index is 0.139. The van der Waals surface area contributed by atoms with Crippen molar-refractivity contribution in [3.05, 3.63) is 52.1 Å². The molecule has 0 bridgehead atoms. The molecule has 19 heavy (non-hydrogen) atoms. The lowest BCUT2D eigenvalue weighted by atomic mass is 10.2. The summed E-state index contributed by atoms with van der Waals surface area (Å²) in [4.78, 5) is 18.4. The van der Waals surface area contributed by atoms with Crippen molar-refractivity contribution >= 4 is 5.82 Å². The predicted octanol–water partition coefficient (Wildman–Crippen LogP) is 1.95. The third kappa shape index (κ3) is 3.58. The molecule has 2 rings (SSSR count). The molecule has 0 aliphatic carbocycles. The van der Waals surface area contributed by atoms with Gasteiger partial charge in [0.15, 0.2) is 0 Å². The zero-order valence-electron chi connectivity index (χ0n) is 11.1. The summed E-state index contributed by atoms with van der Waals surface area (Å²) in [5.74, 6) is 2.08. The Balaban J connectivity index is 2.09. The number of aryl methyl sites for hydroxylation is 1. The Morgan fingerprint density at radius 1 is 1.37 bits per heavy atom. The van der Waals surface area contributed by atoms with Crippen LogP contribution in [0.4, 0.5) is 5.82 Å². The summed E-state index contributed by atoms with van der Waals surface area (Å²) in [6.45, 7) is 2.54. The number of hydrogen-bond donors (Lipinski definition) is 2. The minimum Gasteiger partial charge on any atom is -0.497 e. The van der Waals surface area contributed by atoms with Crippen LogP contribution in [0.25, 0.3) is 0 Å². The molecule has 0 fully saturated rings. The maximum atomic E-state index is 11.4. The van der Waals surface area contributed by atoms with Crippen LogP contribution in [0.15, 0.2) is 35.1 Å². The van der Waals surface area contributed by atoms with Gasteiger partial charge in [-0.15, -0.1) is 0 Å². The van der Waals surface area contributed by atoms with Gasteiger partial charge < -0.3 is 15.0 Å². The van der Waals surface area contributed by atoms with Crippen LogP contribution in [-0.4, -0.2) is 17.1 Å². The van der Waals surface area contributed by atoms with Crippen molar-refractivity contribution in [2.45, 2.75) is 19.9 Å². The number of aromatic amines is 1. The van der Waals surface area contributed by atoms with E-state index < -0.39 is 0 Å². The number of hydrogen-bond acceptors (Lipinski definition) is 4. The molecule has 5 heteroatoms. The normalized spacial score (nSPS) is 10.2. The third-order valence-electron chi connectivity index (χ3n) is 2.73. The molecule has 1 aromatic carbocycles. The lowest BCUT2D eigenvalue weighted by Gasteiger charge is -2.08. The smallest absolute Gasteiger partial charge is 0.252 e. The molecule has 1 aromatic heterocycles. The fourth-order valence-electron chi connectivity index (χ4n) is 1.74. The van der Waals surface area contributed by atoms with E-state index in [4.69, 9.17) is 4.74 Å². The highest BCUT2D eigenvalue weighted by atomic mass is 16.5. The zero-order chi connectivity index (χ0) is 13.7. The average Bonchev–Trinajstić information content (AvgIpc) is 2.44. The van der Waals surface area contributed by atoms with Crippen LogP contribution in [0.5, 0.6) is 5.75 Å². The van der Waals surface area contributed by atoms with Gasteiger partial charge >= 0.3 is 0 Å². The molecule has 0 aliphatic rings. The van der Waals surface area contributed by atoms with Gasteiger partial charge in [-0.2, -0.15) is 0 Å². The molecule has 2 aromatic rings. The number of aromatic nitrogens is 2. The van der Waals surface area contributed by atoms with E-state index in [1.54, 1.807) is 7.11 Å². The molecule has 0 saturated carbocycles. The molecule has 0 aliphatic heterocycles. The molecular weight excluding hydrogens is 242 g/mol. The number of anilines is 1. The van der Waals surface area contributed by atoms with E-state index in [1.165, 1.54) is 6.07 Å². The van der Waals surface area contributed by atoms with Crippen molar-refractivity contribution in [3.63, 3.8) is 0 Å². The van der Waals surface area contributed by atoms with Gasteiger partial charge in [-0.3, -0.25) is 4.79 Å². The zero-order valence-corrected chi connectivity index (χ0v) is 11.1. The standard InChI is InChI=1S/C14H17N3O2/c1-3-12-16-13(8-14(18)17-12)15-9-10-5-4-6-11(7-10)19-2/h4-8H,3,9H2,1-2H3,(H2,15,16,17,18). The lowest BCUT2D eigenvalue weighted by Crippen LogP contribution is -2.13. The summed E-state index contributed by atoms with van der Waals surface area (Å²) in [7, 11) is 1.64. The highest BCUT2D eigenvalue weighted by Gasteiger charge is 2.00. The molecule has 0 atom stereocenters. The SMILES string of the molecule is CCc1nc(NCc2cccc(OC)c2)cc(=O)[nH]1. The Morgan fingerprint density at radius 2 is 2.21 bits per heavy atom. The number of nitrogens with zero attached hydrogens (tertiary/aromatic N) is 1. The van der Waals surface area contributed by atoms with Gasteiger partial charge in [0.2, 0.25) is 0 Å².